The largest absolute Gasteiger partial charge is 0.477 e. The fraction of sp³-hybridized carbons (Fsp3) is 0.643. The molecular formula is C70H116NO8+. The number of likely N-dealkylation sites (N-methyl/N-ethyl adjacent to an activating group) is 1. The molecule has 2 unspecified atom stereocenters. The van der Waals surface area contributed by atoms with Crippen molar-refractivity contribution in [2.45, 2.75) is 245 Å². The van der Waals surface area contributed by atoms with Crippen molar-refractivity contribution < 1.29 is 42.9 Å². The van der Waals surface area contributed by atoms with Crippen LogP contribution in [0.15, 0.2) is 134 Å². The number of unbranched alkanes of at least 4 members (excludes halogenated alkanes) is 19. The zero-order chi connectivity index (χ0) is 57.6. The summed E-state index contributed by atoms with van der Waals surface area (Å²) in [7, 11) is 5.95. The van der Waals surface area contributed by atoms with Gasteiger partial charge in [0.1, 0.15) is 13.2 Å². The van der Waals surface area contributed by atoms with E-state index in [-0.39, 0.29) is 38.6 Å². The number of esters is 2. The topological polar surface area (TPSA) is 108 Å². The molecule has 9 heteroatoms. The highest BCUT2D eigenvalue weighted by molar-refractivity contribution is 5.71. The van der Waals surface area contributed by atoms with E-state index >= 15 is 0 Å². The lowest BCUT2D eigenvalue weighted by Crippen LogP contribution is -2.40. The molecule has 79 heavy (non-hydrogen) atoms. The first-order valence-corrected chi connectivity index (χ1v) is 31.3. The van der Waals surface area contributed by atoms with Gasteiger partial charge in [0.15, 0.2) is 6.10 Å². The molecule has 0 radical (unpaired) electrons. The fourth-order valence-corrected chi connectivity index (χ4v) is 8.09. The number of ether oxygens (including phenoxy) is 4. The number of quaternary nitrogens is 1. The molecule has 0 bridgehead atoms. The molecular weight excluding hydrogens is 983 g/mol. The molecule has 0 saturated carbocycles. The molecule has 0 aliphatic carbocycles. The Labute approximate surface area is 484 Å². The summed E-state index contributed by atoms with van der Waals surface area (Å²) in [4.78, 5) is 37.4. The standard InChI is InChI=1S/C70H115NO8/c1-6-8-10-12-14-16-18-20-22-23-24-25-26-27-28-29-30-31-32-33-34-35-36-37-38-39-40-41-42-43-44-45-47-49-51-53-55-57-59-61-68(73)79-66(65-78-70(69(74)75)76-63-62-71(3,4)5)64-77-67(72)60-58-56-54-52-50-48-46-21-19-17-15-13-11-9-7-2/h8,10,14-17,20-22,24-25,27-28,30-31,33-34,36-37,39-40,46,66,70H,6-7,9,11-13,18-19,23,26,29,32,35,38,41-45,47-65H2,1-5H3/p+1/b10-8-,16-14-,17-15-,22-20-,25-24-,28-27-,31-30-,34-33-,37-36-,40-39-,46-21-. The second-order valence-corrected chi connectivity index (χ2v) is 21.6. The Kier molecular flexibility index (Phi) is 56.1. The van der Waals surface area contributed by atoms with E-state index in [1.54, 1.807) is 0 Å². The Morgan fingerprint density at radius 1 is 0.392 bits per heavy atom. The molecule has 0 aromatic heterocycles. The second-order valence-electron chi connectivity index (χ2n) is 21.6. The van der Waals surface area contributed by atoms with Gasteiger partial charge in [-0.05, 0) is 116 Å². The van der Waals surface area contributed by atoms with Gasteiger partial charge in [0.2, 0.25) is 0 Å². The van der Waals surface area contributed by atoms with Crippen LogP contribution in [0.4, 0.5) is 0 Å². The molecule has 0 amide bonds. The van der Waals surface area contributed by atoms with Gasteiger partial charge in [-0.2, -0.15) is 0 Å². The lowest BCUT2D eigenvalue weighted by Gasteiger charge is -2.25. The predicted molar refractivity (Wildman–Crippen MR) is 336 cm³/mol. The Bertz CT molecular complexity index is 1750. The molecule has 0 rings (SSSR count). The van der Waals surface area contributed by atoms with Crippen LogP contribution in [-0.4, -0.2) is 87.4 Å². The molecule has 9 nitrogen and oxygen atoms in total. The van der Waals surface area contributed by atoms with Crippen molar-refractivity contribution in [3.05, 3.63) is 134 Å². The van der Waals surface area contributed by atoms with Gasteiger partial charge in [-0.25, -0.2) is 4.79 Å². The minimum Gasteiger partial charge on any atom is -0.477 e. The van der Waals surface area contributed by atoms with E-state index in [1.165, 1.54) is 70.6 Å². The van der Waals surface area contributed by atoms with Crippen LogP contribution in [0.5, 0.6) is 0 Å². The number of nitrogens with zero attached hydrogens (tertiary/aromatic N) is 1. The summed E-state index contributed by atoms with van der Waals surface area (Å²) in [6.07, 6.45) is 82.6. The van der Waals surface area contributed by atoms with Crippen LogP contribution in [-0.2, 0) is 33.3 Å². The van der Waals surface area contributed by atoms with E-state index in [1.807, 2.05) is 21.1 Å². The highest BCUT2D eigenvalue weighted by atomic mass is 16.7. The zero-order valence-electron chi connectivity index (χ0n) is 51.0. The smallest absolute Gasteiger partial charge is 0.361 e. The maximum atomic E-state index is 12.9. The van der Waals surface area contributed by atoms with E-state index in [4.69, 9.17) is 18.9 Å². The summed E-state index contributed by atoms with van der Waals surface area (Å²) in [5.74, 6) is -2.04. The van der Waals surface area contributed by atoms with Crippen molar-refractivity contribution in [1.82, 2.24) is 0 Å². The van der Waals surface area contributed by atoms with E-state index in [9.17, 15) is 19.5 Å². The monoisotopic (exact) mass is 1100 g/mol. The third-order valence-electron chi connectivity index (χ3n) is 12.9. The fourth-order valence-electron chi connectivity index (χ4n) is 8.09. The van der Waals surface area contributed by atoms with E-state index in [0.717, 1.165) is 128 Å². The van der Waals surface area contributed by atoms with E-state index < -0.39 is 24.3 Å². The molecule has 0 aliphatic rings. The Balaban J connectivity index is 4.15. The summed E-state index contributed by atoms with van der Waals surface area (Å²) in [5.41, 5.74) is 0. The summed E-state index contributed by atoms with van der Waals surface area (Å²) < 4.78 is 22.9. The number of carbonyl (C=O) groups is 3. The average Bonchev–Trinajstić information content (AvgIpc) is 3.42. The third kappa shape index (κ3) is 60.9. The van der Waals surface area contributed by atoms with Crippen molar-refractivity contribution >= 4 is 17.9 Å². The SMILES string of the molecule is CC/C=C\C/C=C\C/C=C\C/C=C\C/C=C\C/C=C\C/C=C\C/C=C\C/C=C\CCCCCCCCCCCCCC(=O)OC(COC(=O)CCCCCCC/C=C\C/C=C\CCCCC)COC(OCC[N+](C)(C)C)C(=O)O. The van der Waals surface area contributed by atoms with E-state index in [0.29, 0.717) is 17.4 Å². The number of hydrogen-bond donors (Lipinski definition) is 1. The van der Waals surface area contributed by atoms with Crippen LogP contribution < -0.4 is 0 Å². The maximum absolute atomic E-state index is 12.9. The van der Waals surface area contributed by atoms with Crippen LogP contribution in [0.25, 0.3) is 0 Å². The van der Waals surface area contributed by atoms with Crippen molar-refractivity contribution in [3.63, 3.8) is 0 Å². The predicted octanol–water partition coefficient (Wildman–Crippen LogP) is 19.0. The van der Waals surface area contributed by atoms with Crippen LogP contribution in [0.1, 0.15) is 232 Å². The van der Waals surface area contributed by atoms with Crippen LogP contribution in [0.3, 0.4) is 0 Å². The molecule has 0 spiro atoms. The summed E-state index contributed by atoms with van der Waals surface area (Å²) in [5, 5.41) is 9.70. The molecule has 0 aromatic rings. The summed E-state index contributed by atoms with van der Waals surface area (Å²) >= 11 is 0. The molecule has 0 aliphatic heterocycles. The van der Waals surface area contributed by atoms with Crippen LogP contribution >= 0.6 is 0 Å². The number of rotatable bonds is 56. The lowest BCUT2D eigenvalue weighted by molar-refractivity contribution is -0.870. The van der Waals surface area contributed by atoms with Crippen LogP contribution in [0, 0.1) is 0 Å². The van der Waals surface area contributed by atoms with Gasteiger partial charge >= 0.3 is 17.9 Å². The Morgan fingerprint density at radius 3 is 1.08 bits per heavy atom. The van der Waals surface area contributed by atoms with Crippen molar-refractivity contribution in [1.29, 1.82) is 0 Å². The average molecular weight is 1100 g/mol. The first-order valence-electron chi connectivity index (χ1n) is 31.3. The van der Waals surface area contributed by atoms with Gasteiger partial charge < -0.3 is 28.5 Å². The molecule has 0 heterocycles. The molecule has 0 fully saturated rings. The molecule has 0 aromatic carbocycles. The van der Waals surface area contributed by atoms with Gasteiger partial charge in [0.25, 0.3) is 6.29 Å². The quantitative estimate of drug-likeness (QED) is 0.0211. The summed E-state index contributed by atoms with van der Waals surface area (Å²) in [6.45, 7) is 4.70. The van der Waals surface area contributed by atoms with Crippen LogP contribution in [0.2, 0.25) is 0 Å². The maximum Gasteiger partial charge on any atom is 0.361 e. The number of carboxylic acid groups (broad SMARTS) is 1. The van der Waals surface area contributed by atoms with Crippen molar-refractivity contribution in [2.24, 2.45) is 0 Å². The normalized spacial score (nSPS) is 13.7. The van der Waals surface area contributed by atoms with Crippen molar-refractivity contribution in [2.75, 3.05) is 47.5 Å². The zero-order valence-corrected chi connectivity index (χ0v) is 51.0. The number of carboxylic acids is 1. The Hall–Kier alpha value is -4.57. The number of carbonyl (C=O) groups excluding carboxylic acids is 2. The molecule has 2 atom stereocenters. The highest BCUT2D eigenvalue weighted by Crippen LogP contribution is 2.15. The van der Waals surface area contributed by atoms with Gasteiger partial charge in [-0.15, -0.1) is 0 Å². The molecule has 1 N–H and O–H groups in total. The minimum atomic E-state index is -1.52. The number of hydrogen-bond acceptors (Lipinski definition) is 7. The number of allylic oxidation sites excluding steroid dienone is 22. The minimum absolute atomic E-state index is 0.179. The van der Waals surface area contributed by atoms with E-state index in [2.05, 4.69) is 148 Å². The lowest BCUT2D eigenvalue weighted by atomic mass is 10.0. The first-order chi connectivity index (χ1) is 38.6. The summed E-state index contributed by atoms with van der Waals surface area (Å²) in [6, 6.07) is 0. The molecule has 448 valence electrons. The molecule has 0 saturated heterocycles. The first kappa shape index (κ1) is 74.4. The van der Waals surface area contributed by atoms with Gasteiger partial charge in [-0.1, -0.05) is 237 Å². The third-order valence-corrected chi connectivity index (χ3v) is 12.9. The second kappa shape index (κ2) is 59.5. The highest BCUT2D eigenvalue weighted by Gasteiger charge is 2.25. The van der Waals surface area contributed by atoms with Crippen molar-refractivity contribution in [3.8, 4) is 0 Å². The number of aliphatic carboxylic acids is 1. The van der Waals surface area contributed by atoms with Gasteiger partial charge in [0, 0.05) is 12.8 Å². The Morgan fingerprint density at radius 2 is 0.722 bits per heavy atom. The van der Waals surface area contributed by atoms with Gasteiger partial charge in [-0.3, -0.25) is 9.59 Å². The van der Waals surface area contributed by atoms with Gasteiger partial charge in [0.05, 0.1) is 34.4 Å².